The molecule has 0 atom stereocenters. The van der Waals surface area contributed by atoms with Crippen LogP contribution in [0.3, 0.4) is 0 Å². The van der Waals surface area contributed by atoms with Gasteiger partial charge >= 0.3 is 5.69 Å². The molecule has 0 saturated carbocycles. The lowest BCUT2D eigenvalue weighted by Crippen LogP contribution is -2.03. The van der Waals surface area contributed by atoms with Gasteiger partial charge in [-0.2, -0.15) is 0 Å². The first kappa shape index (κ1) is 17.2. The van der Waals surface area contributed by atoms with Gasteiger partial charge in [0, 0.05) is 17.1 Å². The van der Waals surface area contributed by atoms with Gasteiger partial charge in [0.2, 0.25) is 0 Å². The molecule has 3 rings (SSSR count). The molecule has 0 N–H and O–H groups in total. The molecular weight excluding hydrogens is 459 g/mol. The van der Waals surface area contributed by atoms with Crippen LogP contribution in [0.4, 0.5) is 5.69 Å². The first-order valence-electron chi connectivity index (χ1n) is 7.00. The Morgan fingerprint density at radius 2 is 1.67 bits per heavy atom. The molecule has 0 aliphatic carbocycles. The van der Waals surface area contributed by atoms with Gasteiger partial charge in [0.15, 0.2) is 0 Å². The molecule has 4 nitrogen and oxygen atoms in total. The lowest BCUT2D eigenvalue weighted by molar-refractivity contribution is -0.384. The van der Waals surface area contributed by atoms with E-state index in [1.807, 2.05) is 34.9 Å². The van der Waals surface area contributed by atoms with Crippen LogP contribution in [0.5, 0.6) is 0 Å². The first-order valence-corrected chi connectivity index (χ1v) is 8.97. The number of halogens is 3. The number of benzene rings is 2. The summed E-state index contributed by atoms with van der Waals surface area (Å²) in [5.41, 5.74) is 2.33. The quantitative estimate of drug-likeness (QED) is 0.332. The van der Waals surface area contributed by atoms with Gasteiger partial charge in [-0.25, -0.2) is 0 Å². The van der Waals surface area contributed by atoms with Crippen LogP contribution in [-0.4, -0.2) is 9.49 Å². The van der Waals surface area contributed by atoms with Crippen LogP contribution in [0.2, 0.25) is 5.02 Å². The second kappa shape index (κ2) is 7.09. The Kier molecular flexibility index (Phi) is 5.08. The monoisotopic (exact) mass is 468 g/mol. The van der Waals surface area contributed by atoms with Crippen molar-refractivity contribution in [1.29, 1.82) is 0 Å². The van der Waals surface area contributed by atoms with E-state index in [0.717, 1.165) is 11.1 Å². The first-order chi connectivity index (χ1) is 11.5. The van der Waals surface area contributed by atoms with Crippen molar-refractivity contribution in [3.63, 3.8) is 0 Å². The van der Waals surface area contributed by atoms with Crippen LogP contribution < -0.4 is 0 Å². The second-order valence-corrected chi connectivity index (χ2v) is 7.12. The minimum atomic E-state index is -0.375. The Hall–Kier alpha value is -1.63. The van der Waals surface area contributed by atoms with Crippen molar-refractivity contribution in [1.82, 2.24) is 4.57 Å². The highest BCUT2D eigenvalue weighted by Gasteiger charge is 2.29. The summed E-state index contributed by atoms with van der Waals surface area (Å²) in [5.74, 6) is 0. The molecular formula is C17H11Br2ClN2O2. The molecule has 7 heteroatoms. The van der Waals surface area contributed by atoms with Gasteiger partial charge in [0.25, 0.3) is 0 Å². The average molecular weight is 471 g/mol. The molecule has 0 spiro atoms. The third-order valence-electron chi connectivity index (χ3n) is 3.60. The SMILES string of the molecule is O=[N+]([O-])c1c(Br)c(Br)n(Cc2ccccc2)c1-c1ccc(Cl)cc1. The smallest absolute Gasteiger partial charge is 0.310 e. The van der Waals surface area contributed by atoms with E-state index < -0.39 is 0 Å². The van der Waals surface area contributed by atoms with Gasteiger partial charge in [0.1, 0.15) is 14.8 Å². The Morgan fingerprint density at radius 1 is 1.04 bits per heavy atom. The molecule has 0 radical (unpaired) electrons. The van der Waals surface area contributed by atoms with Gasteiger partial charge in [-0.1, -0.05) is 54.1 Å². The van der Waals surface area contributed by atoms with Crippen LogP contribution >= 0.6 is 43.5 Å². The zero-order chi connectivity index (χ0) is 17.3. The van der Waals surface area contributed by atoms with E-state index in [0.29, 0.717) is 26.3 Å². The van der Waals surface area contributed by atoms with Crippen LogP contribution in [0.25, 0.3) is 11.3 Å². The lowest BCUT2D eigenvalue weighted by atomic mass is 10.1. The number of hydrogen-bond acceptors (Lipinski definition) is 2. The van der Waals surface area contributed by atoms with Gasteiger partial charge in [0.05, 0.1) is 4.92 Å². The molecule has 1 aromatic heterocycles. The Morgan fingerprint density at radius 3 is 2.25 bits per heavy atom. The zero-order valence-corrected chi connectivity index (χ0v) is 16.2. The van der Waals surface area contributed by atoms with Crippen LogP contribution in [0.1, 0.15) is 5.56 Å². The molecule has 122 valence electrons. The topological polar surface area (TPSA) is 48.1 Å². The molecule has 2 aromatic carbocycles. The van der Waals surface area contributed by atoms with E-state index >= 15 is 0 Å². The summed E-state index contributed by atoms with van der Waals surface area (Å²) in [6.07, 6.45) is 0. The summed E-state index contributed by atoms with van der Waals surface area (Å²) in [4.78, 5) is 11.2. The predicted octanol–water partition coefficient (Wildman–Crippen LogP) is 6.29. The fourth-order valence-corrected chi connectivity index (χ4v) is 3.69. The summed E-state index contributed by atoms with van der Waals surface area (Å²) < 4.78 is 2.93. The van der Waals surface area contributed by atoms with Crippen LogP contribution in [0, 0.1) is 10.1 Å². The van der Waals surface area contributed by atoms with Crippen molar-refractivity contribution in [2.75, 3.05) is 0 Å². The predicted molar refractivity (Wildman–Crippen MR) is 102 cm³/mol. The van der Waals surface area contributed by atoms with Crippen molar-refractivity contribution >= 4 is 49.1 Å². The molecule has 0 bridgehead atoms. The summed E-state index contributed by atoms with van der Waals surface area (Å²) in [7, 11) is 0. The maximum absolute atomic E-state index is 11.6. The number of hydrogen-bond donors (Lipinski definition) is 0. The number of nitro groups is 1. The minimum Gasteiger partial charge on any atom is -0.324 e. The molecule has 0 unspecified atom stereocenters. The maximum atomic E-state index is 11.6. The molecule has 0 aliphatic heterocycles. The third kappa shape index (κ3) is 3.27. The normalized spacial score (nSPS) is 10.8. The van der Waals surface area contributed by atoms with Crippen LogP contribution in [0.15, 0.2) is 63.7 Å². The Bertz CT molecular complexity index is 893. The van der Waals surface area contributed by atoms with Gasteiger partial charge < -0.3 is 4.57 Å². The van der Waals surface area contributed by atoms with Gasteiger partial charge in [-0.05, 0) is 49.6 Å². The fraction of sp³-hybridized carbons (Fsp3) is 0.0588. The standard InChI is InChI=1S/C17H11Br2ClN2O2/c18-14-16(22(23)24)15(12-6-8-13(20)9-7-12)21(17(14)19)10-11-4-2-1-3-5-11/h1-9H,10H2. The largest absolute Gasteiger partial charge is 0.324 e. The summed E-state index contributed by atoms with van der Waals surface area (Å²) in [5, 5.41) is 12.2. The van der Waals surface area contributed by atoms with E-state index in [1.54, 1.807) is 24.3 Å². The molecule has 24 heavy (non-hydrogen) atoms. The molecule has 3 aromatic rings. The highest BCUT2D eigenvalue weighted by atomic mass is 79.9. The lowest BCUT2D eigenvalue weighted by Gasteiger charge is -2.11. The van der Waals surface area contributed by atoms with Crippen LogP contribution in [-0.2, 0) is 6.54 Å². The average Bonchev–Trinajstić information content (AvgIpc) is 2.82. The number of rotatable bonds is 4. The van der Waals surface area contributed by atoms with Crippen molar-refractivity contribution in [3.8, 4) is 11.3 Å². The maximum Gasteiger partial charge on any atom is 0.310 e. The van der Waals surface area contributed by atoms with E-state index in [4.69, 9.17) is 11.6 Å². The van der Waals surface area contributed by atoms with Crippen molar-refractivity contribution < 1.29 is 4.92 Å². The summed E-state index contributed by atoms with van der Waals surface area (Å²) in [6, 6.07) is 16.8. The van der Waals surface area contributed by atoms with E-state index in [9.17, 15) is 10.1 Å². The fourth-order valence-electron chi connectivity index (χ4n) is 2.53. The van der Waals surface area contributed by atoms with Crippen molar-refractivity contribution in [2.45, 2.75) is 6.54 Å². The second-order valence-electron chi connectivity index (χ2n) is 5.14. The number of nitrogens with zero attached hydrogens (tertiary/aromatic N) is 2. The Balaban J connectivity index is 2.22. The third-order valence-corrected chi connectivity index (χ3v) is 5.96. The van der Waals surface area contributed by atoms with Crippen molar-refractivity contribution in [3.05, 3.63) is 84.4 Å². The van der Waals surface area contributed by atoms with Crippen molar-refractivity contribution in [2.24, 2.45) is 0 Å². The molecule has 0 fully saturated rings. The molecule has 1 heterocycles. The highest BCUT2D eigenvalue weighted by Crippen LogP contribution is 2.44. The minimum absolute atomic E-state index is 0.0279. The molecule has 0 amide bonds. The summed E-state index contributed by atoms with van der Waals surface area (Å²) >= 11 is 12.8. The molecule has 0 aliphatic rings. The molecule has 0 saturated heterocycles. The van der Waals surface area contributed by atoms with Gasteiger partial charge in [-0.3, -0.25) is 10.1 Å². The zero-order valence-electron chi connectivity index (χ0n) is 12.2. The summed E-state index contributed by atoms with van der Waals surface area (Å²) in [6.45, 7) is 0.506. The Labute approximate surface area is 160 Å². The van der Waals surface area contributed by atoms with Gasteiger partial charge in [-0.15, -0.1) is 0 Å². The van der Waals surface area contributed by atoms with E-state index in [-0.39, 0.29) is 10.6 Å². The van der Waals surface area contributed by atoms with E-state index in [1.165, 1.54) is 0 Å². The van der Waals surface area contributed by atoms with E-state index in [2.05, 4.69) is 31.9 Å². The highest BCUT2D eigenvalue weighted by molar-refractivity contribution is 9.13. The number of aromatic nitrogens is 1.